The molecular formula is C19H23ClN3O+. The first kappa shape index (κ1) is 16.8. The highest BCUT2D eigenvalue weighted by molar-refractivity contribution is 6.34. The zero-order valence-electron chi connectivity index (χ0n) is 13.9. The molecule has 2 aromatic rings. The number of nitrogens with one attached hydrogen (secondary N) is 2. The van der Waals surface area contributed by atoms with Crippen LogP contribution in [-0.4, -0.2) is 38.6 Å². The Labute approximate surface area is 148 Å². The second-order valence-electron chi connectivity index (χ2n) is 6.07. The Kier molecular flexibility index (Phi) is 5.38. The first-order chi connectivity index (χ1) is 11.7. The van der Waals surface area contributed by atoms with E-state index in [1.165, 1.54) is 25.3 Å². The van der Waals surface area contributed by atoms with Gasteiger partial charge in [-0.1, -0.05) is 23.7 Å². The van der Waals surface area contributed by atoms with Gasteiger partial charge in [-0.2, -0.15) is 0 Å². The molecule has 0 saturated carbocycles. The minimum Gasteiger partial charge on any atom is -0.360 e. The van der Waals surface area contributed by atoms with Gasteiger partial charge in [-0.05, 0) is 43.3 Å². The topological polar surface area (TPSA) is 36.8 Å². The number of anilines is 2. The highest BCUT2D eigenvalue weighted by atomic mass is 35.5. The molecule has 1 fully saturated rings. The standard InChI is InChI=1S/C19H22ClN3O/c1-2-22-11-13-23(14-12-22)16-9-7-15(8-10-16)21-19(24)17-5-3-4-6-18(17)20/h3-10H,2,11-14H2,1H3,(H,21,24)/p+1. The van der Waals surface area contributed by atoms with Crippen molar-refractivity contribution in [3.63, 3.8) is 0 Å². The number of amides is 1. The largest absolute Gasteiger partial charge is 0.360 e. The maximum atomic E-state index is 12.3. The van der Waals surface area contributed by atoms with E-state index in [9.17, 15) is 4.79 Å². The van der Waals surface area contributed by atoms with Crippen molar-refractivity contribution < 1.29 is 9.69 Å². The van der Waals surface area contributed by atoms with Crippen LogP contribution in [0.3, 0.4) is 0 Å². The van der Waals surface area contributed by atoms with E-state index in [0.717, 1.165) is 18.8 Å². The molecule has 126 valence electrons. The molecule has 2 aromatic carbocycles. The Hall–Kier alpha value is -2.04. The molecule has 0 aromatic heterocycles. The van der Waals surface area contributed by atoms with Gasteiger partial charge < -0.3 is 15.1 Å². The number of likely N-dealkylation sites (N-methyl/N-ethyl adjacent to an activating group) is 1. The number of benzene rings is 2. The highest BCUT2D eigenvalue weighted by Gasteiger charge is 2.18. The lowest BCUT2D eigenvalue weighted by Crippen LogP contribution is -3.14. The van der Waals surface area contributed by atoms with Crippen molar-refractivity contribution >= 4 is 28.9 Å². The molecule has 5 heteroatoms. The number of piperazine rings is 1. The predicted octanol–water partition coefficient (Wildman–Crippen LogP) is 2.32. The van der Waals surface area contributed by atoms with Crippen LogP contribution in [0.15, 0.2) is 48.5 Å². The van der Waals surface area contributed by atoms with Gasteiger partial charge in [0.25, 0.3) is 5.91 Å². The number of halogens is 1. The monoisotopic (exact) mass is 344 g/mol. The molecule has 1 aliphatic heterocycles. The van der Waals surface area contributed by atoms with E-state index in [1.807, 2.05) is 24.3 Å². The molecule has 1 saturated heterocycles. The molecule has 1 heterocycles. The zero-order chi connectivity index (χ0) is 16.9. The lowest BCUT2D eigenvalue weighted by Gasteiger charge is -2.33. The molecule has 0 unspecified atom stereocenters. The van der Waals surface area contributed by atoms with E-state index < -0.39 is 0 Å². The van der Waals surface area contributed by atoms with Crippen LogP contribution in [0.1, 0.15) is 17.3 Å². The molecule has 2 N–H and O–H groups in total. The Morgan fingerprint density at radius 2 is 1.79 bits per heavy atom. The van der Waals surface area contributed by atoms with Crippen LogP contribution in [-0.2, 0) is 0 Å². The summed E-state index contributed by atoms with van der Waals surface area (Å²) in [5.41, 5.74) is 2.48. The molecule has 1 amide bonds. The quantitative estimate of drug-likeness (QED) is 0.893. The SMILES string of the molecule is CC[NH+]1CCN(c2ccc(NC(=O)c3ccccc3Cl)cc2)CC1. The Bertz CT molecular complexity index is 694. The lowest BCUT2D eigenvalue weighted by molar-refractivity contribution is -0.898. The van der Waals surface area contributed by atoms with Crippen molar-refractivity contribution in [1.29, 1.82) is 0 Å². The number of nitrogens with zero attached hydrogens (tertiary/aromatic N) is 1. The van der Waals surface area contributed by atoms with Gasteiger partial charge in [0.1, 0.15) is 0 Å². The van der Waals surface area contributed by atoms with Crippen LogP contribution in [0, 0.1) is 0 Å². The van der Waals surface area contributed by atoms with Crippen LogP contribution in [0.4, 0.5) is 11.4 Å². The average Bonchev–Trinajstić information content (AvgIpc) is 2.63. The van der Waals surface area contributed by atoms with Crippen LogP contribution < -0.4 is 15.1 Å². The summed E-state index contributed by atoms with van der Waals surface area (Å²) in [6.45, 7) is 7.95. The maximum absolute atomic E-state index is 12.3. The summed E-state index contributed by atoms with van der Waals surface area (Å²) in [5.74, 6) is -0.187. The number of carbonyl (C=O) groups is 1. The van der Waals surface area contributed by atoms with Crippen LogP contribution in [0.5, 0.6) is 0 Å². The third kappa shape index (κ3) is 3.89. The van der Waals surface area contributed by atoms with Gasteiger partial charge in [-0.3, -0.25) is 4.79 Å². The molecular weight excluding hydrogens is 322 g/mol. The van der Waals surface area contributed by atoms with Gasteiger partial charge in [-0.15, -0.1) is 0 Å². The van der Waals surface area contributed by atoms with E-state index in [1.54, 1.807) is 17.0 Å². The summed E-state index contributed by atoms with van der Waals surface area (Å²) in [4.78, 5) is 16.3. The first-order valence-corrected chi connectivity index (χ1v) is 8.79. The minimum absolute atomic E-state index is 0.187. The zero-order valence-corrected chi connectivity index (χ0v) is 14.6. The second-order valence-corrected chi connectivity index (χ2v) is 6.48. The van der Waals surface area contributed by atoms with Crippen molar-refractivity contribution in [2.24, 2.45) is 0 Å². The van der Waals surface area contributed by atoms with Gasteiger partial charge in [0, 0.05) is 11.4 Å². The highest BCUT2D eigenvalue weighted by Crippen LogP contribution is 2.20. The summed E-state index contributed by atoms with van der Waals surface area (Å²) < 4.78 is 0. The van der Waals surface area contributed by atoms with Crippen molar-refractivity contribution in [3.05, 3.63) is 59.1 Å². The molecule has 0 bridgehead atoms. The molecule has 1 aliphatic rings. The van der Waals surface area contributed by atoms with E-state index in [-0.39, 0.29) is 5.91 Å². The Balaban J connectivity index is 1.63. The number of hydrogen-bond donors (Lipinski definition) is 2. The van der Waals surface area contributed by atoms with Crippen molar-refractivity contribution in [2.45, 2.75) is 6.92 Å². The summed E-state index contributed by atoms with van der Waals surface area (Å²) in [5, 5.41) is 3.36. The van der Waals surface area contributed by atoms with Gasteiger partial charge >= 0.3 is 0 Å². The Morgan fingerprint density at radius 3 is 2.42 bits per heavy atom. The fraction of sp³-hybridized carbons (Fsp3) is 0.316. The molecule has 0 radical (unpaired) electrons. The molecule has 4 nitrogen and oxygen atoms in total. The average molecular weight is 345 g/mol. The summed E-state index contributed by atoms with van der Waals surface area (Å²) in [6.07, 6.45) is 0. The van der Waals surface area contributed by atoms with Crippen LogP contribution >= 0.6 is 11.6 Å². The van der Waals surface area contributed by atoms with Gasteiger partial charge in [0.05, 0.1) is 43.3 Å². The van der Waals surface area contributed by atoms with Crippen LogP contribution in [0.2, 0.25) is 5.02 Å². The smallest absolute Gasteiger partial charge is 0.257 e. The number of rotatable bonds is 4. The molecule has 0 spiro atoms. The van der Waals surface area contributed by atoms with Crippen LogP contribution in [0.25, 0.3) is 0 Å². The number of carbonyl (C=O) groups excluding carboxylic acids is 1. The van der Waals surface area contributed by atoms with E-state index in [4.69, 9.17) is 11.6 Å². The summed E-state index contributed by atoms with van der Waals surface area (Å²) in [7, 11) is 0. The molecule has 0 atom stereocenters. The van der Waals surface area contributed by atoms with E-state index in [2.05, 4.69) is 29.3 Å². The molecule has 24 heavy (non-hydrogen) atoms. The van der Waals surface area contributed by atoms with E-state index >= 15 is 0 Å². The van der Waals surface area contributed by atoms with Crippen molar-refractivity contribution in [3.8, 4) is 0 Å². The number of quaternary nitrogens is 1. The second kappa shape index (κ2) is 7.69. The van der Waals surface area contributed by atoms with Gasteiger partial charge in [-0.25, -0.2) is 0 Å². The van der Waals surface area contributed by atoms with Crippen molar-refractivity contribution in [1.82, 2.24) is 0 Å². The normalized spacial score (nSPS) is 15.3. The fourth-order valence-corrected chi connectivity index (χ4v) is 3.26. The maximum Gasteiger partial charge on any atom is 0.257 e. The van der Waals surface area contributed by atoms with Gasteiger partial charge in [0.2, 0.25) is 0 Å². The summed E-state index contributed by atoms with van der Waals surface area (Å²) in [6, 6.07) is 15.1. The third-order valence-corrected chi connectivity index (χ3v) is 4.91. The third-order valence-electron chi connectivity index (χ3n) is 4.58. The minimum atomic E-state index is -0.187. The summed E-state index contributed by atoms with van der Waals surface area (Å²) >= 11 is 6.07. The number of hydrogen-bond acceptors (Lipinski definition) is 2. The lowest BCUT2D eigenvalue weighted by atomic mass is 10.2. The fourth-order valence-electron chi connectivity index (χ4n) is 3.03. The predicted molar refractivity (Wildman–Crippen MR) is 99.3 cm³/mol. The molecule has 0 aliphatic carbocycles. The van der Waals surface area contributed by atoms with Gasteiger partial charge in [0.15, 0.2) is 0 Å². The Morgan fingerprint density at radius 1 is 1.12 bits per heavy atom. The molecule has 3 rings (SSSR count). The van der Waals surface area contributed by atoms with E-state index in [0.29, 0.717) is 10.6 Å². The van der Waals surface area contributed by atoms with Crippen molar-refractivity contribution in [2.75, 3.05) is 42.9 Å². The first-order valence-electron chi connectivity index (χ1n) is 8.42.